The summed E-state index contributed by atoms with van der Waals surface area (Å²) in [4.78, 5) is 4.17. The zero-order valence-electron chi connectivity index (χ0n) is 10.2. The molecule has 1 unspecified atom stereocenters. The standard InChI is InChI=1S/C14H16BrN3/c1-2-18-14(10-5-3-4-6-12(10)15)11-9-17-8-7-13(11)16/h3-9,14,18H,2H2,1H3,(H2,16,17). The van der Waals surface area contributed by atoms with Crippen molar-refractivity contribution < 1.29 is 0 Å². The molecule has 0 saturated heterocycles. The molecule has 3 nitrogen and oxygen atoms in total. The molecule has 0 aliphatic carbocycles. The highest BCUT2D eigenvalue weighted by atomic mass is 79.9. The maximum absolute atomic E-state index is 6.04. The van der Waals surface area contributed by atoms with Crippen LogP contribution in [0.3, 0.4) is 0 Å². The van der Waals surface area contributed by atoms with E-state index < -0.39 is 0 Å². The van der Waals surface area contributed by atoms with Crippen molar-refractivity contribution in [2.75, 3.05) is 12.3 Å². The molecular formula is C14H16BrN3. The second kappa shape index (κ2) is 5.98. The largest absolute Gasteiger partial charge is 0.398 e. The first-order chi connectivity index (χ1) is 8.74. The topological polar surface area (TPSA) is 50.9 Å². The molecule has 1 atom stereocenters. The molecule has 1 aromatic carbocycles. The van der Waals surface area contributed by atoms with E-state index >= 15 is 0 Å². The van der Waals surface area contributed by atoms with Gasteiger partial charge < -0.3 is 11.1 Å². The predicted molar refractivity (Wildman–Crippen MR) is 78.3 cm³/mol. The summed E-state index contributed by atoms with van der Waals surface area (Å²) in [5.74, 6) is 0. The van der Waals surface area contributed by atoms with Crippen LogP contribution in [0.15, 0.2) is 47.2 Å². The summed E-state index contributed by atoms with van der Waals surface area (Å²) in [6.45, 7) is 2.94. The SMILES string of the molecule is CCNC(c1cnccc1N)c1ccccc1Br. The molecule has 0 aliphatic heterocycles. The van der Waals surface area contributed by atoms with Gasteiger partial charge in [0.1, 0.15) is 0 Å². The Balaban J connectivity index is 2.47. The number of nitrogens with zero attached hydrogens (tertiary/aromatic N) is 1. The average Bonchev–Trinajstić information content (AvgIpc) is 2.38. The number of nitrogens with two attached hydrogens (primary N) is 1. The average molecular weight is 306 g/mol. The molecule has 18 heavy (non-hydrogen) atoms. The first kappa shape index (κ1) is 13.1. The molecular weight excluding hydrogens is 290 g/mol. The van der Waals surface area contributed by atoms with Crippen molar-refractivity contribution in [3.05, 3.63) is 58.3 Å². The lowest BCUT2D eigenvalue weighted by Crippen LogP contribution is -2.23. The van der Waals surface area contributed by atoms with Crippen molar-refractivity contribution in [3.8, 4) is 0 Å². The van der Waals surface area contributed by atoms with Crippen molar-refractivity contribution >= 4 is 21.6 Å². The fourth-order valence-corrected chi connectivity index (χ4v) is 2.47. The van der Waals surface area contributed by atoms with Crippen LogP contribution in [0.4, 0.5) is 5.69 Å². The lowest BCUT2D eigenvalue weighted by atomic mass is 9.99. The number of benzene rings is 1. The van der Waals surface area contributed by atoms with E-state index in [1.807, 2.05) is 30.5 Å². The lowest BCUT2D eigenvalue weighted by molar-refractivity contribution is 0.628. The molecule has 2 rings (SSSR count). The number of nitrogen functional groups attached to an aromatic ring is 1. The van der Waals surface area contributed by atoms with Gasteiger partial charge in [0.25, 0.3) is 0 Å². The van der Waals surface area contributed by atoms with Crippen molar-refractivity contribution in [2.24, 2.45) is 0 Å². The van der Waals surface area contributed by atoms with Crippen LogP contribution in [0.25, 0.3) is 0 Å². The van der Waals surface area contributed by atoms with Crippen LogP contribution in [0.5, 0.6) is 0 Å². The van der Waals surface area contributed by atoms with E-state index in [0.29, 0.717) is 0 Å². The first-order valence-electron chi connectivity index (χ1n) is 5.91. The van der Waals surface area contributed by atoms with Crippen LogP contribution in [-0.2, 0) is 0 Å². The number of hydrogen-bond donors (Lipinski definition) is 2. The molecule has 2 aromatic rings. The van der Waals surface area contributed by atoms with Crippen LogP contribution < -0.4 is 11.1 Å². The number of nitrogens with one attached hydrogen (secondary N) is 1. The van der Waals surface area contributed by atoms with Gasteiger partial charge >= 0.3 is 0 Å². The normalized spacial score (nSPS) is 12.3. The van der Waals surface area contributed by atoms with Gasteiger partial charge in [-0.25, -0.2) is 0 Å². The molecule has 1 aromatic heterocycles. The van der Waals surface area contributed by atoms with E-state index in [1.165, 1.54) is 5.56 Å². The van der Waals surface area contributed by atoms with Crippen LogP contribution in [-0.4, -0.2) is 11.5 Å². The van der Waals surface area contributed by atoms with Crippen LogP contribution in [0, 0.1) is 0 Å². The second-order valence-electron chi connectivity index (χ2n) is 4.02. The van der Waals surface area contributed by atoms with E-state index in [2.05, 4.69) is 39.2 Å². The summed E-state index contributed by atoms with van der Waals surface area (Å²) in [6, 6.07) is 10.0. The predicted octanol–water partition coefficient (Wildman–Crippen LogP) is 3.13. The van der Waals surface area contributed by atoms with Gasteiger partial charge in [-0.05, 0) is 24.2 Å². The molecule has 0 spiro atoms. The highest BCUT2D eigenvalue weighted by Gasteiger charge is 2.17. The summed E-state index contributed by atoms with van der Waals surface area (Å²) in [6.07, 6.45) is 3.53. The molecule has 1 heterocycles. The van der Waals surface area contributed by atoms with Gasteiger partial charge in [-0.1, -0.05) is 41.1 Å². The molecule has 0 amide bonds. The van der Waals surface area contributed by atoms with Crippen molar-refractivity contribution in [3.63, 3.8) is 0 Å². The third-order valence-corrected chi connectivity index (χ3v) is 3.54. The van der Waals surface area contributed by atoms with Gasteiger partial charge in [-0.2, -0.15) is 0 Å². The minimum absolute atomic E-state index is 0.0549. The molecule has 3 N–H and O–H groups in total. The Morgan fingerprint density at radius 2 is 2.06 bits per heavy atom. The Morgan fingerprint density at radius 3 is 2.72 bits per heavy atom. The number of aromatic nitrogens is 1. The maximum atomic E-state index is 6.04. The number of pyridine rings is 1. The number of hydrogen-bond acceptors (Lipinski definition) is 3. The molecule has 0 bridgehead atoms. The Labute approximate surface area is 116 Å². The van der Waals surface area contributed by atoms with Crippen LogP contribution >= 0.6 is 15.9 Å². The summed E-state index contributed by atoms with van der Waals surface area (Å²) in [7, 11) is 0. The van der Waals surface area contributed by atoms with Crippen molar-refractivity contribution in [1.82, 2.24) is 10.3 Å². The Kier molecular flexibility index (Phi) is 4.33. The Morgan fingerprint density at radius 1 is 1.28 bits per heavy atom. The second-order valence-corrected chi connectivity index (χ2v) is 4.87. The van der Waals surface area contributed by atoms with Gasteiger partial charge in [-0.3, -0.25) is 4.98 Å². The minimum atomic E-state index is 0.0549. The third kappa shape index (κ3) is 2.71. The highest BCUT2D eigenvalue weighted by Crippen LogP contribution is 2.30. The molecule has 94 valence electrons. The Bertz CT molecular complexity index is 482. The van der Waals surface area contributed by atoms with Gasteiger partial charge in [-0.15, -0.1) is 0 Å². The van der Waals surface area contributed by atoms with E-state index in [-0.39, 0.29) is 6.04 Å². The molecule has 0 fully saturated rings. The van der Waals surface area contributed by atoms with E-state index in [9.17, 15) is 0 Å². The fourth-order valence-electron chi connectivity index (χ4n) is 1.96. The summed E-state index contributed by atoms with van der Waals surface area (Å²) in [5.41, 5.74) is 8.97. The summed E-state index contributed by atoms with van der Waals surface area (Å²) in [5, 5.41) is 3.45. The fraction of sp³-hybridized carbons (Fsp3) is 0.214. The van der Waals surface area contributed by atoms with Crippen LogP contribution in [0.2, 0.25) is 0 Å². The molecule has 4 heteroatoms. The third-order valence-electron chi connectivity index (χ3n) is 2.82. The smallest absolute Gasteiger partial charge is 0.0623 e. The summed E-state index contributed by atoms with van der Waals surface area (Å²) >= 11 is 3.59. The number of rotatable bonds is 4. The van der Waals surface area contributed by atoms with E-state index in [0.717, 1.165) is 22.3 Å². The van der Waals surface area contributed by atoms with Crippen molar-refractivity contribution in [1.29, 1.82) is 0 Å². The molecule has 0 aliphatic rings. The Hall–Kier alpha value is -1.39. The highest BCUT2D eigenvalue weighted by molar-refractivity contribution is 9.10. The molecule has 0 saturated carbocycles. The lowest BCUT2D eigenvalue weighted by Gasteiger charge is -2.21. The van der Waals surface area contributed by atoms with E-state index in [4.69, 9.17) is 5.73 Å². The summed E-state index contributed by atoms with van der Waals surface area (Å²) < 4.78 is 1.07. The zero-order chi connectivity index (χ0) is 13.0. The van der Waals surface area contributed by atoms with Gasteiger partial charge in [0.05, 0.1) is 6.04 Å². The maximum Gasteiger partial charge on any atom is 0.0623 e. The van der Waals surface area contributed by atoms with Crippen LogP contribution in [0.1, 0.15) is 24.1 Å². The quantitative estimate of drug-likeness (QED) is 0.912. The molecule has 0 radical (unpaired) electrons. The van der Waals surface area contributed by atoms with Gasteiger partial charge in [0.15, 0.2) is 0 Å². The zero-order valence-corrected chi connectivity index (χ0v) is 11.8. The van der Waals surface area contributed by atoms with Gasteiger partial charge in [0, 0.05) is 28.1 Å². The number of halogens is 1. The minimum Gasteiger partial charge on any atom is -0.398 e. The van der Waals surface area contributed by atoms with Gasteiger partial charge in [0.2, 0.25) is 0 Å². The van der Waals surface area contributed by atoms with E-state index in [1.54, 1.807) is 6.20 Å². The van der Waals surface area contributed by atoms with Crippen molar-refractivity contribution in [2.45, 2.75) is 13.0 Å². The first-order valence-corrected chi connectivity index (χ1v) is 6.70. The number of anilines is 1. The monoisotopic (exact) mass is 305 g/mol.